The Hall–Kier alpha value is -3.30. The molecule has 0 aliphatic rings. The van der Waals surface area contributed by atoms with Gasteiger partial charge in [-0.2, -0.15) is 31.4 Å². The van der Waals surface area contributed by atoms with E-state index in [-0.39, 0.29) is 11.1 Å². The molecule has 144 valence electrons. The number of nitrogens with one attached hydrogen (secondary N) is 2. The van der Waals surface area contributed by atoms with E-state index >= 15 is 0 Å². The highest BCUT2D eigenvalue weighted by atomic mass is 19.4. The van der Waals surface area contributed by atoms with Crippen molar-refractivity contribution in [2.24, 2.45) is 0 Å². The molecule has 0 fully saturated rings. The predicted octanol–water partition coefficient (Wildman–Crippen LogP) is 5.66. The maximum absolute atomic E-state index is 13.0. The standard InChI is InChI=1S/C18H10F6N4/c19-17(20,21)11-5-6-13-14(7-11)27-16(26-13)10-3-1-9(2-4-10)12-8-25-28-15(12)18(22,23)24/h1-8H,(H,25,28)(H,26,27). The summed E-state index contributed by atoms with van der Waals surface area (Å²) in [5.74, 6) is 0.309. The van der Waals surface area contributed by atoms with Gasteiger partial charge < -0.3 is 4.98 Å². The zero-order chi connectivity index (χ0) is 20.1. The summed E-state index contributed by atoms with van der Waals surface area (Å²) >= 11 is 0. The monoisotopic (exact) mass is 396 g/mol. The molecule has 4 rings (SSSR count). The average molecular weight is 396 g/mol. The van der Waals surface area contributed by atoms with E-state index in [9.17, 15) is 26.3 Å². The van der Waals surface area contributed by atoms with Crippen LogP contribution in [-0.2, 0) is 12.4 Å². The Labute approximate surface area is 153 Å². The van der Waals surface area contributed by atoms with Crippen LogP contribution in [0.25, 0.3) is 33.5 Å². The molecule has 2 heterocycles. The van der Waals surface area contributed by atoms with Crippen molar-refractivity contribution in [2.75, 3.05) is 0 Å². The highest BCUT2D eigenvalue weighted by Crippen LogP contribution is 2.36. The second-order valence-corrected chi connectivity index (χ2v) is 6.05. The molecule has 0 atom stereocenters. The highest BCUT2D eigenvalue weighted by molar-refractivity contribution is 5.80. The van der Waals surface area contributed by atoms with Crippen LogP contribution in [0.15, 0.2) is 48.7 Å². The second-order valence-electron chi connectivity index (χ2n) is 6.05. The average Bonchev–Trinajstić information content (AvgIpc) is 3.27. The number of aromatic nitrogens is 4. The number of nitrogens with zero attached hydrogens (tertiary/aromatic N) is 2. The molecule has 0 saturated carbocycles. The molecular weight excluding hydrogens is 386 g/mol. The third-order valence-electron chi connectivity index (χ3n) is 4.20. The maximum atomic E-state index is 13.0. The number of halogens is 6. The first-order valence-electron chi connectivity index (χ1n) is 7.91. The van der Waals surface area contributed by atoms with E-state index < -0.39 is 23.6 Å². The zero-order valence-electron chi connectivity index (χ0n) is 13.8. The van der Waals surface area contributed by atoms with Crippen LogP contribution in [0.4, 0.5) is 26.3 Å². The first kappa shape index (κ1) is 18.1. The van der Waals surface area contributed by atoms with Gasteiger partial charge in [0.05, 0.1) is 22.8 Å². The van der Waals surface area contributed by atoms with Crippen molar-refractivity contribution >= 4 is 11.0 Å². The molecule has 0 saturated heterocycles. The predicted molar refractivity (Wildman–Crippen MR) is 89.1 cm³/mol. The fourth-order valence-electron chi connectivity index (χ4n) is 2.85. The smallest absolute Gasteiger partial charge is 0.338 e. The largest absolute Gasteiger partial charge is 0.433 e. The van der Waals surface area contributed by atoms with Crippen molar-refractivity contribution in [3.05, 3.63) is 59.9 Å². The minimum atomic E-state index is -4.57. The number of hydrogen-bond acceptors (Lipinski definition) is 2. The van der Waals surface area contributed by atoms with E-state index in [1.807, 2.05) is 5.10 Å². The lowest BCUT2D eigenvalue weighted by Crippen LogP contribution is -2.07. The van der Waals surface area contributed by atoms with E-state index in [1.165, 1.54) is 30.3 Å². The molecule has 2 aromatic carbocycles. The number of aromatic amines is 2. The summed E-state index contributed by atoms with van der Waals surface area (Å²) in [7, 11) is 0. The lowest BCUT2D eigenvalue weighted by molar-refractivity contribution is -0.140. The van der Waals surface area contributed by atoms with Gasteiger partial charge in [-0.3, -0.25) is 5.10 Å². The van der Waals surface area contributed by atoms with E-state index in [1.54, 1.807) is 0 Å². The normalized spacial score (nSPS) is 12.6. The van der Waals surface area contributed by atoms with Gasteiger partial charge in [0.15, 0.2) is 0 Å². The van der Waals surface area contributed by atoms with Crippen molar-refractivity contribution in [2.45, 2.75) is 12.4 Å². The Morgan fingerprint density at radius 3 is 2.11 bits per heavy atom. The quantitative estimate of drug-likeness (QED) is 0.430. The molecule has 2 aromatic heterocycles. The Balaban J connectivity index is 1.69. The molecule has 4 nitrogen and oxygen atoms in total. The summed E-state index contributed by atoms with van der Waals surface area (Å²) in [6, 6.07) is 9.14. The molecule has 0 unspecified atom stereocenters. The number of hydrogen-bond donors (Lipinski definition) is 2. The molecule has 0 radical (unpaired) electrons. The number of H-pyrrole nitrogens is 2. The van der Waals surface area contributed by atoms with Gasteiger partial charge in [-0.15, -0.1) is 0 Å². The topological polar surface area (TPSA) is 57.4 Å². The first-order chi connectivity index (χ1) is 13.1. The molecule has 2 N–H and O–H groups in total. The van der Waals surface area contributed by atoms with Gasteiger partial charge in [0.1, 0.15) is 11.5 Å². The highest BCUT2D eigenvalue weighted by Gasteiger charge is 2.36. The molecule has 28 heavy (non-hydrogen) atoms. The van der Waals surface area contributed by atoms with Crippen LogP contribution >= 0.6 is 0 Å². The minimum absolute atomic E-state index is 0.0986. The molecule has 4 aromatic rings. The van der Waals surface area contributed by atoms with Gasteiger partial charge in [-0.05, 0) is 23.8 Å². The van der Waals surface area contributed by atoms with Crippen molar-refractivity contribution in [1.82, 2.24) is 20.2 Å². The molecule has 0 spiro atoms. The summed E-state index contributed by atoms with van der Waals surface area (Å²) in [5, 5.41) is 5.39. The van der Waals surface area contributed by atoms with Gasteiger partial charge in [0.25, 0.3) is 0 Å². The lowest BCUT2D eigenvalue weighted by atomic mass is 10.0. The van der Waals surface area contributed by atoms with E-state index in [0.29, 0.717) is 22.5 Å². The van der Waals surface area contributed by atoms with Crippen molar-refractivity contribution in [1.29, 1.82) is 0 Å². The number of rotatable bonds is 2. The van der Waals surface area contributed by atoms with Crippen molar-refractivity contribution in [3.63, 3.8) is 0 Å². The van der Waals surface area contributed by atoms with Crippen LogP contribution in [0.5, 0.6) is 0 Å². The molecule has 0 amide bonds. The third kappa shape index (κ3) is 3.21. The number of alkyl halides is 6. The molecule has 0 aliphatic heterocycles. The maximum Gasteiger partial charge on any atom is 0.433 e. The van der Waals surface area contributed by atoms with Crippen LogP contribution in [0.2, 0.25) is 0 Å². The Morgan fingerprint density at radius 1 is 0.786 bits per heavy atom. The minimum Gasteiger partial charge on any atom is -0.338 e. The molecule has 0 aliphatic carbocycles. The van der Waals surface area contributed by atoms with Gasteiger partial charge in [0, 0.05) is 11.1 Å². The second kappa shape index (κ2) is 6.11. The van der Waals surface area contributed by atoms with Crippen LogP contribution in [0.1, 0.15) is 11.3 Å². The van der Waals surface area contributed by atoms with E-state index in [2.05, 4.69) is 15.1 Å². The van der Waals surface area contributed by atoms with Gasteiger partial charge >= 0.3 is 12.4 Å². The van der Waals surface area contributed by atoms with E-state index in [0.717, 1.165) is 18.3 Å². The summed E-state index contributed by atoms with van der Waals surface area (Å²) in [6.07, 6.45) is -7.96. The van der Waals surface area contributed by atoms with Crippen LogP contribution in [0.3, 0.4) is 0 Å². The van der Waals surface area contributed by atoms with Gasteiger partial charge in [-0.1, -0.05) is 24.3 Å². The van der Waals surface area contributed by atoms with Crippen LogP contribution in [-0.4, -0.2) is 20.2 Å². The third-order valence-corrected chi connectivity index (χ3v) is 4.20. The fraction of sp³-hybridized carbons (Fsp3) is 0.111. The summed E-state index contributed by atoms with van der Waals surface area (Å²) < 4.78 is 77.4. The van der Waals surface area contributed by atoms with Crippen LogP contribution < -0.4 is 0 Å². The van der Waals surface area contributed by atoms with Crippen LogP contribution in [0, 0.1) is 0 Å². The number of imidazole rings is 1. The fourth-order valence-corrected chi connectivity index (χ4v) is 2.85. The Bertz CT molecular complexity index is 1140. The lowest BCUT2D eigenvalue weighted by Gasteiger charge is -2.07. The van der Waals surface area contributed by atoms with Crippen molar-refractivity contribution < 1.29 is 26.3 Å². The Morgan fingerprint density at radius 2 is 1.46 bits per heavy atom. The SMILES string of the molecule is FC(F)(F)c1ccc2nc(-c3ccc(-c4cn[nH]c4C(F)(F)F)cc3)[nH]c2c1. The summed E-state index contributed by atoms with van der Waals surface area (Å²) in [6.45, 7) is 0. The van der Waals surface area contributed by atoms with Gasteiger partial charge in [-0.25, -0.2) is 4.98 Å². The summed E-state index contributed by atoms with van der Waals surface area (Å²) in [4.78, 5) is 7.04. The number of benzene rings is 2. The number of fused-ring (bicyclic) bond motifs is 1. The molecular formula is C18H10F6N4. The van der Waals surface area contributed by atoms with E-state index in [4.69, 9.17) is 0 Å². The summed E-state index contributed by atoms with van der Waals surface area (Å²) in [5.41, 5.74) is -0.484. The molecule has 0 bridgehead atoms. The first-order valence-corrected chi connectivity index (χ1v) is 7.91. The van der Waals surface area contributed by atoms with Crippen molar-refractivity contribution in [3.8, 4) is 22.5 Å². The molecule has 10 heteroatoms. The van der Waals surface area contributed by atoms with Gasteiger partial charge in [0.2, 0.25) is 0 Å². The Kier molecular flexibility index (Phi) is 3.95. The zero-order valence-corrected chi connectivity index (χ0v) is 13.8.